The summed E-state index contributed by atoms with van der Waals surface area (Å²) in [5.41, 5.74) is 2.48. The van der Waals surface area contributed by atoms with Crippen LogP contribution in [0.5, 0.6) is 5.75 Å². The molecule has 0 unspecified atom stereocenters. The Hall–Kier alpha value is -2.34. The van der Waals surface area contributed by atoms with Crippen molar-refractivity contribution in [3.63, 3.8) is 0 Å². The van der Waals surface area contributed by atoms with Gasteiger partial charge in [-0.25, -0.2) is 0 Å². The van der Waals surface area contributed by atoms with Crippen LogP contribution in [0.1, 0.15) is 12.0 Å². The first kappa shape index (κ1) is 17.5. The summed E-state index contributed by atoms with van der Waals surface area (Å²) in [5, 5.41) is 2.87. The highest BCUT2D eigenvalue weighted by atomic mass is 79.9. The number of anilines is 2. The molecule has 1 atom stereocenters. The monoisotopic (exact) mass is 402 g/mol. The maximum Gasteiger partial charge on any atom is 0.229 e. The molecule has 0 radical (unpaired) electrons. The first-order valence-electron chi connectivity index (χ1n) is 8.00. The molecule has 0 spiro atoms. The second kappa shape index (κ2) is 7.27. The fourth-order valence-electron chi connectivity index (χ4n) is 2.91. The molecule has 25 heavy (non-hydrogen) atoms. The summed E-state index contributed by atoms with van der Waals surface area (Å²) in [7, 11) is 1.56. The quantitative estimate of drug-likeness (QED) is 0.846. The Morgan fingerprint density at radius 1 is 1.28 bits per heavy atom. The summed E-state index contributed by atoms with van der Waals surface area (Å²) in [5.74, 6) is -0.00184. The number of methoxy groups -OCH3 is 1. The molecule has 0 saturated carbocycles. The zero-order chi connectivity index (χ0) is 18.0. The third-order valence-electron chi connectivity index (χ3n) is 4.31. The van der Waals surface area contributed by atoms with Gasteiger partial charge in [0, 0.05) is 23.1 Å². The third kappa shape index (κ3) is 3.69. The minimum Gasteiger partial charge on any atom is -0.495 e. The predicted octanol–water partition coefficient (Wildman–Crippen LogP) is 3.76. The second-order valence-corrected chi connectivity index (χ2v) is 6.88. The number of nitrogens with zero attached hydrogens (tertiary/aromatic N) is 1. The first-order chi connectivity index (χ1) is 12.0. The van der Waals surface area contributed by atoms with Gasteiger partial charge in [-0.1, -0.05) is 28.1 Å². The molecule has 3 rings (SSSR count). The number of carbonyl (C=O) groups is 2. The molecule has 2 amide bonds. The van der Waals surface area contributed by atoms with Crippen molar-refractivity contribution in [1.82, 2.24) is 0 Å². The van der Waals surface area contributed by atoms with Crippen LogP contribution in [0.3, 0.4) is 0 Å². The smallest absolute Gasteiger partial charge is 0.229 e. The van der Waals surface area contributed by atoms with E-state index in [2.05, 4.69) is 21.2 Å². The number of halogens is 1. The third-order valence-corrected chi connectivity index (χ3v) is 5.20. The molecule has 1 aliphatic heterocycles. The van der Waals surface area contributed by atoms with Gasteiger partial charge in [-0.05, 0) is 42.8 Å². The van der Waals surface area contributed by atoms with E-state index in [1.54, 1.807) is 24.1 Å². The molecule has 2 aromatic rings. The van der Waals surface area contributed by atoms with E-state index in [0.717, 1.165) is 15.7 Å². The van der Waals surface area contributed by atoms with Crippen molar-refractivity contribution in [3.8, 4) is 5.75 Å². The minimum absolute atomic E-state index is 0.0399. The van der Waals surface area contributed by atoms with Crippen molar-refractivity contribution in [2.75, 3.05) is 23.9 Å². The van der Waals surface area contributed by atoms with Crippen molar-refractivity contribution in [2.45, 2.75) is 13.3 Å². The molecular formula is C19H19BrN2O3. The van der Waals surface area contributed by atoms with E-state index in [1.807, 2.05) is 37.3 Å². The van der Waals surface area contributed by atoms with Crippen molar-refractivity contribution in [3.05, 3.63) is 52.5 Å². The lowest BCUT2D eigenvalue weighted by Gasteiger charge is -2.18. The lowest BCUT2D eigenvalue weighted by atomic mass is 10.1. The Morgan fingerprint density at radius 3 is 2.76 bits per heavy atom. The lowest BCUT2D eigenvalue weighted by Crippen LogP contribution is -2.28. The standard InChI is InChI=1S/C19H19BrN2O3/c1-12-9-14(7-8-15(12)20)22-11-13(10-18(22)23)19(24)21-16-5-3-4-6-17(16)25-2/h3-9,13H,10-11H2,1-2H3,(H,21,24)/t13-/m1/s1. The number of amides is 2. The fourth-order valence-corrected chi connectivity index (χ4v) is 3.16. The fraction of sp³-hybridized carbons (Fsp3) is 0.263. The highest BCUT2D eigenvalue weighted by Crippen LogP contribution is 2.30. The average molecular weight is 403 g/mol. The Labute approximate surface area is 155 Å². The number of aryl methyl sites for hydroxylation is 1. The van der Waals surface area contributed by atoms with Crippen LogP contribution in [0.2, 0.25) is 0 Å². The summed E-state index contributed by atoms with van der Waals surface area (Å²) < 4.78 is 6.24. The molecular weight excluding hydrogens is 384 g/mol. The van der Waals surface area contributed by atoms with E-state index >= 15 is 0 Å². The lowest BCUT2D eigenvalue weighted by molar-refractivity contribution is -0.122. The van der Waals surface area contributed by atoms with Gasteiger partial charge in [0.1, 0.15) is 5.75 Å². The number of rotatable bonds is 4. The summed E-state index contributed by atoms with van der Waals surface area (Å²) in [6.45, 7) is 2.35. The van der Waals surface area contributed by atoms with Crippen LogP contribution >= 0.6 is 15.9 Å². The molecule has 1 saturated heterocycles. The van der Waals surface area contributed by atoms with Crippen LogP contribution < -0.4 is 15.0 Å². The maximum atomic E-state index is 12.6. The van der Waals surface area contributed by atoms with Gasteiger partial charge >= 0.3 is 0 Å². The van der Waals surface area contributed by atoms with Gasteiger partial charge in [-0.3, -0.25) is 9.59 Å². The number of para-hydroxylation sites is 2. The second-order valence-electron chi connectivity index (χ2n) is 6.03. The zero-order valence-corrected chi connectivity index (χ0v) is 15.7. The zero-order valence-electron chi connectivity index (χ0n) is 14.1. The van der Waals surface area contributed by atoms with Crippen molar-refractivity contribution in [1.29, 1.82) is 0 Å². The number of hydrogen-bond donors (Lipinski definition) is 1. The van der Waals surface area contributed by atoms with Crippen molar-refractivity contribution < 1.29 is 14.3 Å². The van der Waals surface area contributed by atoms with E-state index in [1.165, 1.54) is 0 Å². The molecule has 5 nitrogen and oxygen atoms in total. The molecule has 130 valence electrons. The Morgan fingerprint density at radius 2 is 2.04 bits per heavy atom. The molecule has 0 aliphatic carbocycles. The van der Waals surface area contributed by atoms with Crippen molar-refractivity contribution in [2.24, 2.45) is 5.92 Å². The number of nitrogens with one attached hydrogen (secondary N) is 1. The molecule has 1 fully saturated rings. The first-order valence-corrected chi connectivity index (χ1v) is 8.79. The van der Waals surface area contributed by atoms with E-state index < -0.39 is 0 Å². The molecule has 1 N–H and O–H groups in total. The van der Waals surface area contributed by atoms with E-state index in [0.29, 0.717) is 18.0 Å². The van der Waals surface area contributed by atoms with Crippen LogP contribution in [-0.2, 0) is 9.59 Å². The normalized spacial score (nSPS) is 16.8. The molecule has 6 heteroatoms. The summed E-state index contributed by atoms with van der Waals surface area (Å²) in [4.78, 5) is 26.6. The van der Waals surface area contributed by atoms with Gasteiger partial charge in [0.05, 0.1) is 18.7 Å². The van der Waals surface area contributed by atoms with Gasteiger partial charge in [0.15, 0.2) is 0 Å². The SMILES string of the molecule is COc1ccccc1NC(=O)[C@@H]1CC(=O)N(c2ccc(Br)c(C)c2)C1. The molecule has 1 aliphatic rings. The average Bonchev–Trinajstić information content (AvgIpc) is 3.00. The van der Waals surface area contributed by atoms with Gasteiger partial charge in [-0.2, -0.15) is 0 Å². The Bertz CT molecular complexity index is 822. The number of carbonyl (C=O) groups excluding carboxylic acids is 2. The van der Waals surface area contributed by atoms with Crippen molar-refractivity contribution >= 4 is 39.1 Å². The van der Waals surface area contributed by atoms with Gasteiger partial charge in [0.2, 0.25) is 11.8 Å². The Kier molecular flexibility index (Phi) is 5.08. The molecule has 0 aromatic heterocycles. The van der Waals surface area contributed by atoms with Crippen LogP contribution in [-0.4, -0.2) is 25.5 Å². The number of benzene rings is 2. The van der Waals surface area contributed by atoms with Crippen LogP contribution in [0, 0.1) is 12.8 Å². The number of hydrogen-bond acceptors (Lipinski definition) is 3. The molecule has 2 aromatic carbocycles. The highest BCUT2D eigenvalue weighted by Gasteiger charge is 2.35. The van der Waals surface area contributed by atoms with Crippen LogP contribution in [0.25, 0.3) is 0 Å². The van der Waals surface area contributed by atoms with Crippen LogP contribution in [0.4, 0.5) is 11.4 Å². The summed E-state index contributed by atoms with van der Waals surface area (Å²) in [6, 6.07) is 13.0. The summed E-state index contributed by atoms with van der Waals surface area (Å²) in [6.07, 6.45) is 0.204. The Balaban J connectivity index is 1.73. The minimum atomic E-state index is -0.388. The molecule has 0 bridgehead atoms. The predicted molar refractivity (Wildman–Crippen MR) is 101 cm³/mol. The van der Waals surface area contributed by atoms with Gasteiger partial charge in [0.25, 0.3) is 0 Å². The van der Waals surface area contributed by atoms with E-state index in [4.69, 9.17) is 4.74 Å². The van der Waals surface area contributed by atoms with Gasteiger partial charge in [-0.15, -0.1) is 0 Å². The highest BCUT2D eigenvalue weighted by molar-refractivity contribution is 9.10. The summed E-state index contributed by atoms with van der Waals surface area (Å²) >= 11 is 3.46. The maximum absolute atomic E-state index is 12.6. The van der Waals surface area contributed by atoms with E-state index in [9.17, 15) is 9.59 Å². The van der Waals surface area contributed by atoms with Crippen LogP contribution in [0.15, 0.2) is 46.9 Å². The largest absolute Gasteiger partial charge is 0.495 e. The van der Waals surface area contributed by atoms with Gasteiger partial charge < -0.3 is 15.0 Å². The number of ether oxygens (including phenoxy) is 1. The topological polar surface area (TPSA) is 58.6 Å². The molecule has 1 heterocycles. The van der Waals surface area contributed by atoms with E-state index in [-0.39, 0.29) is 24.2 Å².